The van der Waals surface area contributed by atoms with Gasteiger partial charge < -0.3 is 4.74 Å². The fourth-order valence-corrected chi connectivity index (χ4v) is 7.98. The molecule has 0 unspecified atom stereocenters. The number of aromatic nitrogens is 1. The average Bonchev–Trinajstić information content (AvgIpc) is 3.45. The molecule has 0 spiro atoms. The van der Waals surface area contributed by atoms with Gasteiger partial charge in [0.15, 0.2) is 6.20 Å². The van der Waals surface area contributed by atoms with E-state index >= 15 is 0 Å². The molecule has 1 fully saturated rings. The van der Waals surface area contributed by atoms with Crippen LogP contribution in [-0.4, -0.2) is 0 Å². The number of aryl methyl sites for hydroxylation is 2. The van der Waals surface area contributed by atoms with Crippen molar-refractivity contribution in [2.75, 3.05) is 0 Å². The second kappa shape index (κ2) is 10.1. The number of nitrogens with zero attached hydrogens (tertiary/aromatic N) is 1. The number of hydrogen-bond donors (Lipinski definition) is 0. The molecule has 42 heavy (non-hydrogen) atoms. The van der Waals surface area contributed by atoms with E-state index in [0.29, 0.717) is 5.92 Å². The largest absolute Gasteiger partial charge is 0.455 e. The molecule has 1 aromatic heterocycles. The van der Waals surface area contributed by atoms with Crippen LogP contribution in [0.15, 0.2) is 54.7 Å². The molecule has 216 valence electrons. The molecule has 7 rings (SSSR count). The molecule has 0 atom stereocenters. The molecule has 2 heterocycles. The zero-order chi connectivity index (χ0) is 29.3. The van der Waals surface area contributed by atoms with Crippen LogP contribution in [0.4, 0.5) is 0 Å². The molecule has 1 aliphatic carbocycles. The summed E-state index contributed by atoms with van der Waals surface area (Å²) < 4.78 is 9.52. The lowest BCUT2D eigenvalue weighted by molar-refractivity contribution is -0.659. The fourth-order valence-electron chi connectivity index (χ4n) is 7.98. The second-order valence-electron chi connectivity index (χ2n) is 14.9. The normalized spacial score (nSPS) is 15.2. The van der Waals surface area contributed by atoms with E-state index in [1.165, 1.54) is 97.9 Å². The first kappa shape index (κ1) is 27.4. The number of benzene rings is 4. The van der Waals surface area contributed by atoms with E-state index in [4.69, 9.17) is 4.74 Å². The zero-order valence-corrected chi connectivity index (χ0v) is 26.7. The Bertz CT molecular complexity index is 1860. The van der Waals surface area contributed by atoms with Gasteiger partial charge in [-0.3, -0.25) is 0 Å². The van der Waals surface area contributed by atoms with Crippen molar-refractivity contribution in [2.24, 2.45) is 24.3 Å². The topological polar surface area (TPSA) is 13.1 Å². The molecule has 0 amide bonds. The van der Waals surface area contributed by atoms with Gasteiger partial charge in [0.25, 0.3) is 0 Å². The lowest BCUT2D eigenvalue weighted by atomic mass is 9.81. The predicted octanol–water partition coefficient (Wildman–Crippen LogP) is 10.6. The van der Waals surface area contributed by atoms with Crippen LogP contribution >= 0.6 is 0 Å². The Morgan fingerprint density at radius 3 is 2.43 bits per heavy atom. The Labute approximate surface area is 251 Å². The lowest BCUT2D eigenvalue weighted by Crippen LogP contribution is -2.32. The molecule has 1 saturated carbocycles. The van der Waals surface area contributed by atoms with Crippen LogP contribution in [0.5, 0.6) is 11.5 Å². The van der Waals surface area contributed by atoms with E-state index in [0.717, 1.165) is 30.3 Å². The summed E-state index contributed by atoms with van der Waals surface area (Å²) >= 11 is 0. The van der Waals surface area contributed by atoms with Gasteiger partial charge in [0.1, 0.15) is 18.5 Å². The SMILES string of the molecule is Cc1c2c(c(CC(C)(C)C)c3ccc(CC(C)C)cc13)Oc1cc3c(CC4CCCC4)cccc3c3cc[n+](C)c-2c13. The van der Waals surface area contributed by atoms with Crippen LogP contribution in [0.1, 0.15) is 82.6 Å². The van der Waals surface area contributed by atoms with Crippen molar-refractivity contribution >= 4 is 32.3 Å². The number of fused-ring (bicyclic) bond motifs is 5. The maximum absolute atomic E-state index is 7.19. The van der Waals surface area contributed by atoms with Crippen LogP contribution in [0.25, 0.3) is 43.6 Å². The van der Waals surface area contributed by atoms with Gasteiger partial charge in [0, 0.05) is 17.0 Å². The highest BCUT2D eigenvalue weighted by atomic mass is 16.5. The molecule has 0 saturated heterocycles. The van der Waals surface area contributed by atoms with Crippen LogP contribution in [0, 0.1) is 24.2 Å². The minimum atomic E-state index is 0.127. The summed E-state index contributed by atoms with van der Waals surface area (Å²) in [5.41, 5.74) is 8.25. The molecule has 2 aliphatic rings. The minimum Gasteiger partial charge on any atom is -0.455 e. The number of pyridine rings is 1. The summed E-state index contributed by atoms with van der Waals surface area (Å²) in [5, 5.41) is 7.99. The molecule has 2 nitrogen and oxygen atoms in total. The van der Waals surface area contributed by atoms with Crippen molar-refractivity contribution in [3.63, 3.8) is 0 Å². The smallest absolute Gasteiger partial charge is 0.228 e. The highest BCUT2D eigenvalue weighted by molar-refractivity contribution is 6.16. The number of rotatable bonds is 5. The molecular weight excluding hydrogens is 510 g/mol. The molecular formula is C40H46NO+. The maximum atomic E-state index is 7.19. The fraction of sp³-hybridized carbons (Fsp3) is 0.425. The number of hydrogen-bond acceptors (Lipinski definition) is 1. The van der Waals surface area contributed by atoms with Crippen molar-refractivity contribution in [1.82, 2.24) is 0 Å². The molecule has 1 aliphatic heterocycles. The first-order valence-corrected chi connectivity index (χ1v) is 16.2. The van der Waals surface area contributed by atoms with Gasteiger partial charge in [-0.05, 0) is 87.7 Å². The third-order valence-electron chi connectivity index (χ3n) is 9.80. The molecule has 4 aromatic carbocycles. The van der Waals surface area contributed by atoms with Gasteiger partial charge in [-0.2, -0.15) is 0 Å². The van der Waals surface area contributed by atoms with Gasteiger partial charge in [-0.25, -0.2) is 4.57 Å². The van der Waals surface area contributed by atoms with E-state index in [1.54, 1.807) is 0 Å². The second-order valence-corrected chi connectivity index (χ2v) is 14.9. The van der Waals surface area contributed by atoms with E-state index in [-0.39, 0.29) is 5.41 Å². The standard InChI is InChI=1S/C40H46NO/c1-24(2)19-27-15-16-30-32(21-27)25(3)36-38-37-31(17-18-41(38)7)29-14-10-13-28(20-26-11-8-9-12-26)33(29)22-35(37)42-39(36)34(30)23-40(4,5)6/h10,13-18,21-22,24,26H,8-9,11-12,19-20,23H2,1-7H3/q+1. The maximum Gasteiger partial charge on any atom is 0.228 e. The van der Waals surface area contributed by atoms with Gasteiger partial charge in [0.2, 0.25) is 5.69 Å². The average molecular weight is 557 g/mol. The quantitative estimate of drug-likeness (QED) is 0.152. The van der Waals surface area contributed by atoms with Gasteiger partial charge >= 0.3 is 0 Å². The molecule has 0 radical (unpaired) electrons. The molecule has 2 heteroatoms. The minimum absolute atomic E-state index is 0.127. The Kier molecular flexibility index (Phi) is 6.61. The predicted molar refractivity (Wildman–Crippen MR) is 178 cm³/mol. The summed E-state index contributed by atoms with van der Waals surface area (Å²) in [5.74, 6) is 3.51. The van der Waals surface area contributed by atoms with E-state index in [2.05, 4.69) is 108 Å². The van der Waals surface area contributed by atoms with Crippen molar-refractivity contribution in [3.8, 4) is 22.8 Å². The summed E-state index contributed by atoms with van der Waals surface area (Å²) in [6, 6.07) is 18.8. The first-order chi connectivity index (χ1) is 20.1. The summed E-state index contributed by atoms with van der Waals surface area (Å²) in [6.45, 7) is 14.0. The monoisotopic (exact) mass is 556 g/mol. The lowest BCUT2D eigenvalue weighted by Gasteiger charge is -2.28. The van der Waals surface area contributed by atoms with E-state index < -0.39 is 0 Å². The highest BCUT2D eigenvalue weighted by Gasteiger charge is 2.34. The van der Waals surface area contributed by atoms with E-state index in [9.17, 15) is 0 Å². The Morgan fingerprint density at radius 2 is 1.69 bits per heavy atom. The van der Waals surface area contributed by atoms with E-state index in [1.807, 2.05) is 0 Å². The molecule has 5 aromatic rings. The van der Waals surface area contributed by atoms with Crippen molar-refractivity contribution in [1.29, 1.82) is 0 Å². The van der Waals surface area contributed by atoms with Gasteiger partial charge in [-0.15, -0.1) is 0 Å². The number of ether oxygens (including phenoxy) is 1. The van der Waals surface area contributed by atoms with Gasteiger partial charge in [0.05, 0.1) is 10.9 Å². The van der Waals surface area contributed by atoms with Crippen molar-refractivity contribution < 1.29 is 9.30 Å². The zero-order valence-electron chi connectivity index (χ0n) is 26.7. The summed E-state index contributed by atoms with van der Waals surface area (Å²) in [7, 11) is 2.20. The van der Waals surface area contributed by atoms with Crippen LogP contribution in [-0.2, 0) is 26.3 Å². The van der Waals surface area contributed by atoms with Crippen LogP contribution in [0.2, 0.25) is 0 Å². The summed E-state index contributed by atoms with van der Waals surface area (Å²) in [4.78, 5) is 0. The highest BCUT2D eigenvalue weighted by Crippen LogP contribution is 2.53. The van der Waals surface area contributed by atoms with Gasteiger partial charge in [-0.1, -0.05) is 96.7 Å². The first-order valence-electron chi connectivity index (χ1n) is 16.2. The Balaban J connectivity index is 1.54. The third-order valence-corrected chi connectivity index (χ3v) is 9.80. The molecule has 0 N–H and O–H groups in total. The van der Waals surface area contributed by atoms with Crippen LogP contribution in [0.3, 0.4) is 0 Å². The molecule has 0 bridgehead atoms. The Morgan fingerprint density at radius 1 is 0.905 bits per heavy atom. The summed E-state index contributed by atoms with van der Waals surface area (Å²) in [6.07, 6.45) is 11.0. The third kappa shape index (κ3) is 4.59. The van der Waals surface area contributed by atoms with Crippen molar-refractivity contribution in [2.45, 2.75) is 86.5 Å². The van der Waals surface area contributed by atoms with Crippen molar-refractivity contribution in [3.05, 3.63) is 77.0 Å². The van der Waals surface area contributed by atoms with Crippen LogP contribution < -0.4 is 9.30 Å². The Hall–Kier alpha value is -3.39.